The van der Waals surface area contributed by atoms with Crippen LogP contribution in [0.15, 0.2) is 48.5 Å². The Kier molecular flexibility index (Phi) is 4.58. The number of phenolic OH excluding ortho intramolecular Hbond substituents is 1. The third kappa shape index (κ3) is 3.17. The molecule has 1 N–H and O–H groups in total. The van der Waals surface area contributed by atoms with Gasteiger partial charge in [-0.1, -0.05) is 30.3 Å². The monoisotopic (exact) mass is 380 g/mol. The number of aromatic hydroxyl groups is 1. The van der Waals surface area contributed by atoms with Gasteiger partial charge >= 0.3 is 0 Å². The highest BCUT2D eigenvalue weighted by molar-refractivity contribution is 7.21. The Morgan fingerprint density at radius 2 is 1.48 bits per heavy atom. The summed E-state index contributed by atoms with van der Waals surface area (Å²) >= 11 is 1.53. The first kappa shape index (κ1) is 17.5. The Balaban J connectivity index is 1.47. The number of fused-ring (bicyclic) bond motifs is 1. The van der Waals surface area contributed by atoms with E-state index < -0.39 is 0 Å². The standard InChI is InChI=1S/C21H20N2O3S/c1-14-15-6-3-5-9-18(15)27-19(14)21(26)23-12-10-22(11-13-23)20(25)16-7-2-4-8-17(16)24/h2-9,24H,10-13H2,1H3. The molecule has 1 fully saturated rings. The highest BCUT2D eigenvalue weighted by Gasteiger charge is 2.28. The van der Waals surface area contributed by atoms with E-state index in [-0.39, 0.29) is 17.6 Å². The molecule has 3 aromatic rings. The molecule has 1 aliphatic heterocycles. The second-order valence-electron chi connectivity index (χ2n) is 6.65. The molecule has 2 heterocycles. The van der Waals surface area contributed by atoms with Gasteiger partial charge in [-0.2, -0.15) is 0 Å². The summed E-state index contributed by atoms with van der Waals surface area (Å²) < 4.78 is 1.12. The zero-order chi connectivity index (χ0) is 19.0. The van der Waals surface area contributed by atoms with Crippen LogP contribution in [0, 0.1) is 6.92 Å². The number of piperazine rings is 1. The van der Waals surface area contributed by atoms with Crippen LogP contribution in [-0.4, -0.2) is 52.9 Å². The van der Waals surface area contributed by atoms with E-state index in [0.29, 0.717) is 31.7 Å². The summed E-state index contributed by atoms with van der Waals surface area (Å²) in [7, 11) is 0. The van der Waals surface area contributed by atoms with Gasteiger partial charge in [0.05, 0.1) is 10.4 Å². The molecule has 1 aromatic heterocycles. The molecule has 0 atom stereocenters. The SMILES string of the molecule is Cc1c(C(=O)N2CCN(C(=O)c3ccccc3O)CC2)sc2ccccc12. The maximum atomic E-state index is 13.0. The second kappa shape index (κ2) is 7.04. The fourth-order valence-corrected chi connectivity index (χ4v) is 4.64. The van der Waals surface area contributed by atoms with E-state index in [9.17, 15) is 14.7 Å². The lowest BCUT2D eigenvalue weighted by Crippen LogP contribution is -2.50. The minimum absolute atomic E-state index is 0.0121. The zero-order valence-corrected chi connectivity index (χ0v) is 15.8. The van der Waals surface area contributed by atoms with Gasteiger partial charge in [0.15, 0.2) is 0 Å². The van der Waals surface area contributed by atoms with Gasteiger partial charge in [-0.05, 0) is 36.1 Å². The summed E-state index contributed by atoms with van der Waals surface area (Å²) in [5, 5.41) is 11.0. The first-order valence-electron chi connectivity index (χ1n) is 8.91. The molecule has 27 heavy (non-hydrogen) atoms. The van der Waals surface area contributed by atoms with Crippen LogP contribution in [0.2, 0.25) is 0 Å². The number of aryl methyl sites for hydroxylation is 1. The van der Waals surface area contributed by atoms with E-state index in [4.69, 9.17) is 0 Å². The van der Waals surface area contributed by atoms with Crippen LogP contribution in [-0.2, 0) is 0 Å². The Morgan fingerprint density at radius 1 is 0.889 bits per heavy atom. The highest BCUT2D eigenvalue weighted by atomic mass is 32.1. The van der Waals surface area contributed by atoms with Gasteiger partial charge in [-0.3, -0.25) is 9.59 Å². The molecule has 2 amide bonds. The summed E-state index contributed by atoms with van der Waals surface area (Å²) in [6.07, 6.45) is 0. The maximum absolute atomic E-state index is 13.0. The third-order valence-electron chi connectivity index (χ3n) is 5.03. The Labute approximate surface area is 161 Å². The lowest BCUT2D eigenvalue weighted by molar-refractivity contribution is 0.0536. The normalized spacial score (nSPS) is 14.6. The minimum Gasteiger partial charge on any atom is -0.507 e. The molecule has 0 spiro atoms. The van der Waals surface area contributed by atoms with Crippen molar-refractivity contribution >= 4 is 33.2 Å². The predicted molar refractivity (Wildman–Crippen MR) is 106 cm³/mol. The molecule has 6 heteroatoms. The van der Waals surface area contributed by atoms with Crippen molar-refractivity contribution < 1.29 is 14.7 Å². The van der Waals surface area contributed by atoms with Crippen molar-refractivity contribution in [2.45, 2.75) is 6.92 Å². The van der Waals surface area contributed by atoms with E-state index >= 15 is 0 Å². The van der Waals surface area contributed by atoms with E-state index in [0.717, 1.165) is 20.5 Å². The first-order chi connectivity index (χ1) is 13.1. The third-order valence-corrected chi connectivity index (χ3v) is 6.29. The number of carbonyl (C=O) groups excluding carboxylic acids is 2. The van der Waals surface area contributed by atoms with Crippen LogP contribution in [0.25, 0.3) is 10.1 Å². The quantitative estimate of drug-likeness (QED) is 0.740. The fourth-order valence-electron chi connectivity index (χ4n) is 3.46. The van der Waals surface area contributed by atoms with Crippen molar-refractivity contribution in [2.75, 3.05) is 26.2 Å². The number of amides is 2. The molecule has 1 saturated heterocycles. The van der Waals surface area contributed by atoms with Crippen molar-refractivity contribution in [3.63, 3.8) is 0 Å². The minimum atomic E-state index is -0.196. The summed E-state index contributed by atoms with van der Waals surface area (Å²) in [5.74, 6) is -0.177. The highest BCUT2D eigenvalue weighted by Crippen LogP contribution is 2.31. The van der Waals surface area contributed by atoms with E-state index in [2.05, 4.69) is 0 Å². The zero-order valence-electron chi connectivity index (χ0n) is 15.0. The van der Waals surface area contributed by atoms with E-state index in [1.807, 2.05) is 36.1 Å². The van der Waals surface area contributed by atoms with Gasteiger partial charge in [-0.25, -0.2) is 0 Å². The number of para-hydroxylation sites is 1. The lowest BCUT2D eigenvalue weighted by Gasteiger charge is -2.34. The van der Waals surface area contributed by atoms with Gasteiger partial charge in [0.25, 0.3) is 11.8 Å². The molecule has 0 radical (unpaired) electrons. The van der Waals surface area contributed by atoms with Crippen LogP contribution in [0.4, 0.5) is 0 Å². The van der Waals surface area contributed by atoms with Gasteiger partial charge in [-0.15, -0.1) is 11.3 Å². The second-order valence-corrected chi connectivity index (χ2v) is 7.71. The molecular formula is C21H20N2O3S. The van der Waals surface area contributed by atoms with Crippen molar-refractivity contribution in [1.82, 2.24) is 9.80 Å². The van der Waals surface area contributed by atoms with Gasteiger partial charge in [0.2, 0.25) is 0 Å². The topological polar surface area (TPSA) is 60.9 Å². The molecule has 2 aromatic carbocycles. The Morgan fingerprint density at radius 3 is 2.15 bits per heavy atom. The maximum Gasteiger partial charge on any atom is 0.264 e. The largest absolute Gasteiger partial charge is 0.507 e. The van der Waals surface area contributed by atoms with E-state index in [1.165, 1.54) is 17.4 Å². The molecular weight excluding hydrogens is 360 g/mol. The molecule has 0 saturated carbocycles. The van der Waals surface area contributed by atoms with Crippen molar-refractivity contribution in [1.29, 1.82) is 0 Å². The molecule has 138 valence electrons. The number of hydrogen-bond donors (Lipinski definition) is 1. The number of thiophene rings is 1. The number of benzene rings is 2. The molecule has 1 aliphatic rings. The fraction of sp³-hybridized carbons (Fsp3) is 0.238. The van der Waals surface area contributed by atoms with Crippen LogP contribution < -0.4 is 0 Å². The number of nitrogens with zero attached hydrogens (tertiary/aromatic N) is 2. The van der Waals surface area contributed by atoms with Crippen LogP contribution in [0.3, 0.4) is 0 Å². The molecule has 0 bridgehead atoms. The molecule has 0 unspecified atom stereocenters. The lowest BCUT2D eigenvalue weighted by atomic mass is 10.1. The summed E-state index contributed by atoms with van der Waals surface area (Å²) in [4.78, 5) is 29.9. The number of hydrogen-bond acceptors (Lipinski definition) is 4. The van der Waals surface area contributed by atoms with Gasteiger partial charge in [0, 0.05) is 30.9 Å². The molecule has 5 nitrogen and oxygen atoms in total. The average molecular weight is 380 g/mol. The van der Waals surface area contributed by atoms with Crippen molar-refractivity contribution in [2.24, 2.45) is 0 Å². The van der Waals surface area contributed by atoms with Crippen LogP contribution in [0.1, 0.15) is 25.6 Å². The van der Waals surface area contributed by atoms with Crippen LogP contribution in [0.5, 0.6) is 5.75 Å². The van der Waals surface area contributed by atoms with Crippen molar-refractivity contribution in [3.8, 4) is 5.75 Å². The predicted octanol–water partition coefficient (Wildman–Crippen LogP) is 3.51. The van der Waals surface area contributed by atoms with Crippen molar-refractivity contribution in [3.05, 3.63) is 64.5 Å². The summed E-state index contributed by atoms with van der Waals surface area (Å²) in [6, 6.07) is 14.6. The van der Waals surface area contributed by atoms with E-state index in [1.54, 1.807) is 23.1 Å². The number of carbonyl (C=O) groups is 2. The molecule has 4 rings (SSSR count). The first-order valence-corrected chi connectivity index (χ1v) is 9.72. The Bertz CT molecular complexity index is 1020. The van der Waals surface area contributed by atoms with Gasteiger partial charge in [0.1, 0.15) is 5.75 Å². The van der Waals surface area contributed by atoms with Crippen LogP contribution >= 0.6 is 11.3 Å². The van der Waals surface area contributed by atoms with Gasteiger partial charge < -0.3 is 14.9 Å². The summed E-state index contributed by atoms with van der Waals surface area (Å²) in [5.41, 5.74) is 1.32. The number of phenols is 1. The number of rotatable bonds is 2. The molecule has 0 aliphatic carbocycles. The summed E-state index contributed by atoms with van der Waals surface area (Å²) in [6.45, 7) is 3.90. The average Bonchev–Trinajstić information content (AvgIpc) is 3.04. The smallest absolute Gasteiger partial charge is 0.264 e. The Hall–Kier alpha value is -2.86.